The molecule has 0 aliphatic rings. The molecule has 0 aromatic heterocycles. The fourth-order valence-electron chi connectivity index (χ4n) is 1.76. The summed E-state index contributed by atoms with van der Waals surface area (Å²) in [6.07, 6.45) is 0.592. The van der Waals surface area contributed by atoms with Crippen LogP contribution in [-0.4, -0.2) is 24.4 Å². The maximum Gasteiger partial charge on any atom is 0.208 e. The lowest BCUT2D eigenvalue weighted by Crippen LogP contribution is -2.26. The predicted octanol–water partition coefficient (Wildman–Crippen LogP) is 2.59. The molecule has 120 valence electrons. The normalized spacial score (nSPS) is 12.3. The number of carbonyl (C=O) groups excluding carboxylic acids is 1. The average molecular weight is 304 g/mol. The summed E-state index contributed by atoms with van der Waals surface area (Å²) in [5.41, 5.74) is 3.35. The molecule has 0 atom stereocenters. The van der Waals surface area contributed by atoms with Crippen LogP contribution in [0.25, 0.3) is 0 Å². The van der Waals surface area contributed by atoms with Gasteiger partial charge in [0.15, 0.2) is 5.78 Å². The molecule has 1 aromatic carbocycles. The second-order valence-electron chi connectivity index (χ2n) is 5.06. The van der Waals surface area contributed by atoms with Crippen molar-refractivity contribution < 1.29 is 9.53 Å². The van der Waals surface area contributed by atoms with Crippen LogP contribution in [0.3, 0.4) is 0 Å². The average Bonchev–Trinajstić information content (AvgIpc) is 2.47. The molecule has 0 heterocycles. The number of nitrogens with two attached hydrogens (primary N) is 1. The Kier molecular flexibility index (Phi) is 6.72. The Labute approximate surface area is 131 Å². The van der Waals surface area contributed by atoms with Crippen molar-refractivity contribution in [2.45, 2.75) is 40.7 Å². The van der Waals surface area contributed by atoms with Gasteiger partial charge >= 0.3 is 0 Å². The van der Waals surface area contributed by atoms with Gasteiger partial charge in [-0.2, -0.15) is 0 Å². The Hall–Kier alpha value is -2.21. The minimum absolute atomic E-state index is 0.106. The van der Waals surface area contributed by atoms with Crippen molar-refractivity contribution in [1.29, 1.82) is 0 Å². The number of Topliss-reactive ketones (excluding diaryl/α,β-unsaturated/α-hetero) is 1. The second-order valence-corrected chi connectivity index (χ2v) is 5.06. The van der Waals surface area contributed by atoms with Gasteiger partial charge in [-0.25, -0.2) is 5.84 Å². The lowest BCUT2D eigenvalue weighted by Gasteiger charge is -2.19. The van der Waals surface area contributed by atoms with Crippen molar-refractivity contribution in [2.24, 2.45) is 16.0 Å². The second kappa shape index (κ2) is 8.29. The highest BCUT2D eigenvalue weighted by Gasteiger charge is 2.09. The van der Waals surface area contributed by atoms with Crippen molar-refractivity contribution in [1.82, 2.24) is 0 Å². The third kappa shape index (κ3) is 4.96. The van der Waals surface area contributed by atoms with Crippen LogP contribution in [0.4, 0.5) is 5.69 Å². The first-order valence-corrected chi connectivity index (χ1v) is 7.18. The van der Waals surface area contributed by atoms with E-state index in [9.17, 15) is 4.79 Å². The highest BCUT2D eigenvalue weighted by Crippen LogP contribution is 2.22. The number of hydrogen-bond donors (Lipinski definition) is 1. The molecule has 0 radical (unpaired) electrons. The smallest absolute Gasteiger partial charge is 0.208 e. The van der Waals surface area contributed by atoms with Crippen molar-refractivity contribution in [3.05, 3.63) is 29.3 Å². The van der Waals surface area contributed by atoms with Crippen LogP contribution >= 0.6 is 0 Å². The number of benzene rings is 1. The van der Waals surface area contributed by atoms with Crippen molar-refractivity contribution in [3.63, 3.8) is 0 Å². The van der Waals surface area contributed by atoms with Crippen LogP contribution in [0.1, 0.15) is 38.3 Å². The number of hydrazine groups is 1. The lowest BCUT2D eigenvalue weighted by molar-refractivity contribution is -0.111. The molecule has 2 N–H and O–H groups in total. The molecule has 0 aliphatic heterocycles. The van der Waals surface area contributed by atoms with Gasteiger partial charge in [0, 0.05) is 26.0 Å². The Morgan fingerprint density at radius 2 is 2.00 bits per heavy atom. The van der Waals surface area contributed by atoms with Gasteiger partial charge in [-0.1, -0.05) is 19.1 Å². The van der Waals surface area contributed by atoms with E-state index >= 15 is 0 Å². The lowest BCUT2D eigenvalue weighted by atomic mass is 10.1. The maximum absolute atomic E-state index is 11.1. The summed E-state index contributed by atoms with van der Waals surface area (Å²) in [6, 6.07) is 5.89. The summed E-state index contributed by atoms with van der Waals surface area (Å²) < 4.78 is 5.73. The third-order valence-electron chi connectivity index (χ3n) is 3.27. The van der Waals surface area contributed by atoms with E-state index in [0.29, 0.717) is 24.6 Å². The topological polar surface area (TPSA) is 80.3 Å². The first-order chi connectivity index (χ1) is 10.4. The van der Waals surface area contributed by atoms with Gasteiger partial charge in [-0.3, -0.25) is 4.79 Å². The summed E-state index contributed by atoms with van der Waals surface area (Å²) in [5, 5.41) is 9.44. The summed E-state index contributed by atoms with van der Waals surface area (Å²) in [7, 11) is 1.79. The van der Waals surface area contributed by atoms with E-state index < -0.39 is 0 Å². The molecule has 0 saturated heterocycles. The van der Waals surface area contributed by atoms with Gasteiger partial charge in [0.1, 0.15) is 12.3 Å². The Balaban J connectivity index is 2.90. The zero-order valence-corrected chi connectivity index (χ0v) is 13.9. The SMILES string of the molecule is CC/C(=N\N=C(C)C(C)=O)OCc1c(C)cccc1N(C)N. The van der Waals surface area contributed by atoms with Gasteiger partial charge < -0.3 is 9.75 Å². The minimum Gasteiger partial charge on any atom is -0.475 e. The fraction of sp³-hybridized carbons (Fsp3) is 0.438. The number of aryl methyl sites for hydroxylation is 1. The third-order valence-corrected chi connectivity index (χ3v) is 3.27. The number of ether oxygens (including phenoxy) is 1. The number of hydrogen-bond acceptors (Lipinski definition) is 6. The highest BCUT2D eigenvalue weighted by molar-refractivity contribution is 6.37. The van der Waals surface area contributed by atoms with E-state index in [-0.39, 0.29) is 5.78 Å². The summed E-state index contributed by atoms with van der Waals surface area (Å²) in [6.45, 7) is 7.36. The van der Waals surface area contributed by atoms with Crippen molar-refractivity contribution in [3.8, 4) is 0 Å². The zero-order chi connectivity index (χ0) is 16.7. The molecule has 0 amide bonds. The van der Waals surface area contributed by atoms with Crippen LogP contribution in [0, 0.1) is 6.92 Å². The van der Waals surface area contributed by atoms with E-state index in [1.807, 2.05) is 32.0 Å². The molecule has 0 aliphatic carbocycles. The predicted molar refractivity (Wildman–Crippen MR) is 90.1 cm³/mol. The summed E-state index contributed by atoms with van der Waals surface area (Å²) >= 11 is 0. The highest BCUT2D eigenvalue weighted by atomic mass is 16.5. The van der Waals surface area contributed by atoms with Crippen LogP contribution in [-0.2, 0) is 16.1 Å². The number of nitrogens with zero attached hydrogens (tertiary/aromatic N) is 3. The van der Waals surface area contributed by atoms with Gasteiger partial charge in [-0.15, -0.1) is 10.2 Å². The largest absolute Gasteiger partial charge is 0.475 e. The molecule has 22 heavy (non-hydrogen) atoms. The van der Waals surface area contributed by atoms with Gasteiger partial charge in [0.25, 0.3) is 0 Å². The molecule has 1 aromatic rings. The Morgan fingerprint density at radius 3 is 2.55 bits per heavy atom. The van der Waals surface area contributed by atoms with Gasteiger partial charge in [-0.05, 0) is 25.5 Å². The van der Waals surface area contributed by atoms with Gasteiger partial charge in [0.05, 0.1) is 5.69 Å². The van der Waals surface area contributed by atoms with E-state index in [2.05, 4.69) is 10.2 Å². The minimum atomic E-state index is -0.106. The molecule has 1 rings (SSSR count). The van der Waals surface area contributed by atoms with E-state index in [1.54, 1.807) is 19.0 Å². The van der Waals surface area contributed by atoms with Gasteiger partial charge in [0.2, 0.25) is 5.90 Å². The van der Waals surface area contributed by atoms with Crippen molar-refractivity contribution in [2.75, 3.05) is 12.1 Å². The Bertz CT molecular complexity index is 592. The molecular weight excluding hydrogens is 280 g/mol. The maximum atomic E-state index is 11.1. The molecule has 0 unspecified atom stereocenters. The quantitative estimate of drug-likeness (QED) is 0.379. The zero-order valence-electron chi connectivity index (χ0n) is 13.9. The Morgan fingerprint density at radius 1 is 1.32 bits per heavy atom. The summed E-state index contributed by atoms with van der Waals surface area (Å²) in [5.74, 6) is 6.22. The number of rotatable bonds is 6. The van der Waals surface area contributed by atoms with Crippen LogP contribution < -0.4 is 10.9 Å². The van der Waals surface area contributed by atoms with Crippen LogP contribution in [0.5, 0.6) is 0 Å². The molecule has 0 saturated carbocycles. The molecule has 6 nitrogen and oxygen atoms in total. The van der Waals surface area contributed by atoms with E-state index in [1.165, 1.54) is 6.92 Å². The standard InChI is InChI=1S/C16H24N4O2/c1-6-16(19-18-12(3)13(4)21)22-10-14-11(2)8-7-9-15(14)20(5)17/h7-9H,6,10,17H2,1-5H3/b18-12?,19-16+. The molecule has 0 spiro atoms. The number of anilines is 1. The first kappa shape index (κ1) is 17.8. The number of ketones is 1. The summed E-state index contributed by atoms with van der Waals surface area (Å²) in [4.78, 5) is 11.1. The molecule has 6 heteroatoms. The van der Waals surface area contributed by atoms with Crippen molar-refractivity contribution >= 4 is 23.1 Å². The molecule has 0 fully saturated rings. The van der Waals surface area contributed by atoms with E-state index in [4.69, 9.17) is 10.6 Å². The van der Waals surface area contributed by atoms with Crippen LogP contribution in [0.15, 0.2) is 28.4 Å². The molecule has 0 bridgehead atoms. The fourth-order valence-corrected chi connectivity index (χ4v) is 1.76. The monoisotopic (exact) mass is 304 g/mol. The van der Waals surface area contributed by atoms with E-state index in [0.717, 1.165) is 16.8 Å². The number of carbonyl (C=O) groups is 1. The first-order valence-electron chi connectivity index (χ1n) is 7.18. The molecular formula is C16H24N4O2. The van der Waals surface area contributed by atoms with Crippen LogP contribution in [0.2, 0.25) is 0 Å².